The minimum atomic E-state index is -0.186. The molecule has 0 aliphatic heterocycles. The molecule has 3 nitrogen and oxygen atoms in total. The first-order valence-electron chi connectivity index (χ1n) is 6.80. The van der Waals surface area contributed by atoms with E-state index in [0.29, 0.717) is 0 Å². The second-order valence-corrected chi connectivity index (χ2v) is 6.12. The van der Waals surface area contributed by atoms with Crippen LogP contribution in [0.2, 0.25) is 5.02 Å². The Kier molecular flexibility index (Phi) is 3.87. The molecule has 5 heteroatoms. The van der Waals surface area contributed by atoms with Gasteiger partial charge in [0.15, 0.2) is 5.65 Å². The van der Waals surface area contributed by atoms with Gasteiger partial charge in [0.25, 0.3) is 0 Å². The predicted molar refractivity (Wildman–Crippen MR) is 87.1 cm³/mol. The van der Waals surface area contributed by atoms with Gasteiger partial charge in [0.1, 0.15) is 11.3 Å². The Bertz CT molecular complexity index is 763. The summed E-state index contributed by atoms with van der Waals surface area (Å²) in [7, 11) is 0. The zero-order valence-corrected chi connectivity index (χ0v) is 13.3. The van der Waals surface area contributed by atoms with E-state index in [9.17, 15) is 0 Å². The molecule has 0 saturated carbocycles. The predicted octanol–water partition coefficient (Wildman–Crippen LogP) is 4.99. The number of aromatic nitrogens is 3. The van der Waals surface area contributed by atoms with Crippen LogP contribution in [0.4, 0.5) is 0 Å². The molecule has 2 heterocycles. The average Bonchev–Trinajstić information content (AvgIpc) is 2.87. The number of nitrogens with zero attached hydrogens (tertiary/aromatic N) is 3. The van der Waals surface area contributed by atoms with Crippen LogP contribution < -0.4 is 0 Å². The lowest BCUT2D eigenvalue weighted by Crippen LogP contribution is -2.11. The third-order valence-corrected chi connectivity index (χ3v) is 4.02. The molecule has 2 aromatic heterocycles. The highest BCUT2D eigenvalue weighted by molar-refractivity contribution is 6.30. The van der Waals surface area contributed by atoms with Gasteiger partial charge in [-0.15, -0.1) is 11.6 Å². The Morgan fingerprint density at radius 3 is 2.48 bits per heavy atom. The van der Waals surface area contributed by atoms with Crippen LogP contribution in [0.15, 0.2) is 42.6 Å². The molecule has 2 atom stereocenters. The summed E-state index contributed by atoms with van der Waals surface area (Å²) >= 11 is 12.3. The van der Waals surface area contributed by atoms with Crippen molar-refractivity contribution >= 4 is 34.4 Å². The van der Waals surface area contributed by atoms with Crippen molar-refractivity contribution in [3.8, 4) is 0 Å². The molecule has 0 saturated heterocycles. The molecule has 2 unspecified atom stereocenters. The molecule has 0 aliphatic rings. The Labute approximate surface area is 133 Å². The van der Waals surface area contributed by atoms with E-state index in [-0.39, 0.29) is 11.4 Å². The van der Waals surface area contributed by atoms with Crippen molar-refractivity contribution in [3.05, 3.63) is 59.0 Å². The molecule has 3 rings (SSSR count). The van der Waals surface area contributed by atoms with Crippen LogP contribution in [-0.2, 0) is 0 Å². The molecule has 0 bridgehead atoms. The number of alkyl halides is 1. The zero-order valence-electron chi connectivity index (χ0n) is 11.8. The molecule has 108 valence electrons. The van der Waals surface area contributed by atoms with Gasteiger partial charge in [-0.2, -0.15) is 0 Å². The summed E-state index contributed by atoms with van der Waals surface area (Å²) < 4.78 is 2.09. The van der Waals surface area contributed by atoms with Crippen molar-refractivity contribution in [2.24, 2.45) is 0 Å². The number of imidazole rings is 1. The maximum Gasteiger partial charge on any atom is 0.160 e. The second-order valence-electron chi connectivity index (χ2n) is 5.03. The van der Waals surface area contributed by atoms with Gasteiger partial charge < -0.3 is 4.57 Å². The van der Waals surface area contributed by atoms with Crippen molar-refractivity contribution < 1.29 is 0 Å². The number of rotatable bonds is 3. The lowest BCUT2D eigenvalue weighted by molar-refractivity contribution is 0.614. The van der Waals surface area contributed by atoms with Crippen LogP contribution >= 0.6 is 23.2 Å². The van der Waals surface area contributed by atoms with Crippen molar-refractivity contribution in [2.75, 3.05) is 0 Å². The van der Waals surface area contributed by atoms with Gasteiger partial charge >= 0.3 is 0 Å². The number of halogens is 2. The van der Waals surface area contributed by atoms with E-state index in [4.69, 9.17) is 23.2 Å². The first-order valence-corrected chi connectivity index (χ1v) is 7.61. The average molecular weight is 320 g/mol. The van der Waals surface area contributed by atoms with Gasteiger partial charge in [0, 0.05) is 11.2 Å². The smallest absolute Gasteiger partial charge is 0.160 e. The lowest BCUT2D eigenvalue weighted by atomic mass is 10.1. The largest absolute Gasteiger partial charge is 0.304 e. The van der Waals surface area contributed by atoms with E-state index in [1.54, 1.807) is 6.20 Å². The molecule has 0 N–H and O–H groups in total. The highest BCUT2D eigenvalue weighted by Gasteiger charge is 2.20. The number of hydrogen-bond acceptors (Lipinski definition) is 2. The number of benzene rings is 1. The standard InChI is InChI=1S/C16H15Cl2N3/c1-10(17)15-20-14-4-3-9-19-16(14)21(15)11(2)12-5-7-13(18)8-6-12/h3-11H,1-2H3. The van der Waals surface area contributed by atoms with Gasteiger partial charge in [0.05, 0.1) is 11.4 Å². The lowest BCUT2D eigenvalue weighted by Gasteiger charge is -2.18. The summed E-state index contributed by atoms with van der Waals surface area (Å²) in [6, 6.07) is 11.7. The quantitative estimate of drug-likeness (QED) is 0.636. The fourth-order valence-corrected chi connectivity index (χ4v) is 2.78. The Morgan fingerprint density at radius 1 is 1.10 bits per heavy atom. The van der Waals surface area contributed by atoms with E-state index in [0.717, 1.165) is 27.6 Å². The summed E-state index contributed by atoms with van der Waals surface area (Å²) in [6.45, 7) is 4.04. The molecule has 0 spiro atoms. The van der Waals surface area contributed by atoms with Gasteiger partial charge in [-0.3, -0.25) is 0 Å². The minimum absolute atomic E-state index is 0.0818. The summed E-state index contributed by atoms with van der Waals surface area (Å²) in [5.41, 5.74) is 2.85. The molecule has 0 radical (unpaired) electrons. The topological polar surface area (TPSA) is 30.7 Å². The van der Waals surface area contributed by atoms with Crippen LogP contribution in [0.5, 0.6) is 0 Å². The third kappa shape index (κ3) is 2.63. The van der Waals surface area contributed by atoms with Crippen molar-refractivity contribution in [2.45, 2.75) is 25.3 Å². The van der Waals surface area contributed by atoms with E-state index >= 15 is 0 Å². The monoisotopic (exact) mass is 319 g/mol. The van der Waals surface area contributed by atoms with Crippen LogP contribution in [0.1, 0.15) is 36.7 Å². The summed E-state index contributed by atoms with van der Waals surface area (Å²) in [5.74, 6) is 0.827. The van der Waals surface area contributed by atoms with E-state index in [2.05, 4.69) is 21.5 Å². The summed E-state index contributed by atoms with van der Waals surface area (Å²) in [5, 5.41) is 0.541. The third-order valence-electron chi connectivity index (χ3n) is 3.57. The minimum Gasteiger partial charge on any atom is -0.304 e. The maximum absolute atomic E-state index is 6.30. The van der Waals surface area contributed by atoms with Crippen LogP contribution in [0, 0.1) is 0 Å². The highest BCUT2D eigenvalue weighted by Crippen LogP contribution is 2.30. The van der Waals surface area contributed by atoms with Gasteiger partial charge in [0.2, 0.25) is 0 Å². The second kappa shape index (κ2) is 5.66. The van der Waals surface area contributed by atoms with Gasteiger partial charge in [-0.05, 0) is 43.7 Å². The highest BCUT2D eigenvalue weighted by atomic mass is 35.5. The number of pyridine rings is 1. The fraction of sp³-hybridized carbons (Fsp3) is 0.250. The van der Waals surface area contributed by atoms with Gasteiger partial charge in [-0.1, -0.05) is 23.7 Å². The maximum atomic E-state index is 6.30. The summed E-state index contributed by atoms with van der Waals surface area (Å²) in [6.07, 6.45) is 1.78. The van der Waals surface area contributed by atoms with Crippen LogP contribution in [0.25, 0.3) is 11.2 Å². The first kappa shape index (κ1) is 14.4. The first-order chi connectivity index (χ1) is 10.1. The number of fused-ring (bicyclic) bond motifs is 1. The zero-order chi connectivity index (χ0) is 15.0. The normalized spacial score (nSPS) is 14.3. The fourth-order valence-electron chi connectivity index (χ4n) is 2.50. The van der Waals surface area contributed by atoms with E-state index in [1.165, 1.54) is 0 Å². The van der Waals surface area contributed by atoms with Crippen molar-refractivity contribution in [1.29, 1.82) is 0 Å². The molecule has 3 aromatic rings. The van der Waals surface area contributed by atoms with E-state index in [1.807, 2.05) is 43.3 Å². The molecule has 21 heavy (non-hydrogen) atoms. The molecular weight excluding hydrogens is 305 g/mol. The molecule has 0 aliphatic carbocycles. The van der Waals surface area contributed by atoms with E-state index < -0.39 is 0 Å². The van der Waals surface area contributed by atoms with Gasteiger partial charge in [-0.25, -0.2) is 9.97 Å². The van der Waals surface area contributed by atoms with Crippen molar-refractivity contribution in [1.82, 2.24) is 14.5 Å². The Balaban J connectivity index is 2.17. The van der Waals surface area contributed by atoms with Crippen LogP contribution in [-0.4, -0.2) is 14.5 Å². The van der Waals surface area contributed by atoms with Crippen molar-refractivity contribution in [3.63, 3.8) is 0 Å². The number of hydrogen-bond donors (Lipinski definition) is 0. The molecular formula is C16H15Cl2N3. The summed E-state index contributed by atoms with van der Waals surface area (Å²) in [4.78, 5) is 9.08. The Hall–Kier alpha value is -1.58. The Morgan fingerprint density at radius 2 is 1.81 bits per heavy atom. The SMILES string of the molecule is CC(Cl)c1nc2cccnc2n1C(C)c1ccc(Cl)cc1. The van der Waals surface area contributed by atoms with Crippen LogP contribution in [0.3, 0.4) is 0 Å². The molecule has 0 fully saturated rings. The molecule has 1 aromatic carbocycles. The molecule has 0 amide bonds.